The number of benzene rings is 1. The fourth-order valence-electron chi connectivity index (χ4n) is 2.71. The number of hydrogen-bond donors (Lipinski definition) is 1. The van der Waals surface area contributed by atoms with E-state index >= 15 is 0 Å². The minimum absolute atomic E-state index is 0.273. The Bertz CT molecular complexity index is 1110. The summed E-state index contributed by atoms with van der Waals surface area (Å²) in [4.78, 5) is 25.2. The van der Waals surface area contributed by atoms with E-state index in [0.717, 1.165) is 23.2 Å². The van der Waals surface area contributed by atoms with Crippen LogP contribution in [0.1, 0.15) is 28.8 Å². The number of amides is 1. The number of aromatic nitrogens is 5. The van der Waals surface area contributed by atoms with Gasteiger partial charge in [-0.2, -0.15) is 4.98 Å². The third-order valence-electron chi connectivity index (χ3n) is 4.20. The number of nitrogens with one attached hydrogen (secondary N) is 1. The third-order valence-corrected chi connectivity index (χ3v) is 4.20. The van der Waals surface area contributed by atoms with Crippen molar-refractivity contribution in [2.24, 2.45) is 0 Å². The van der Waals surface area contributed by atoms with Crippen molar-refractivity contribution >= 4 is 11.6 Å². The van der Waals surface area contributed by atoms with Gasteiger partial charge in [0.15, 0.2) is 5.82 Å². The molecule has 4 rings (SSSR count). The zero-order valence-electron chi connectivity index (χ0n) is 15.5. The molecule has 0 saturated heterocycles. The van der Waals surface area contributed by atoms with Gasteiger partial charge in [0.2, 0.25) is 0 Å². The average molecular weight is 374 g/mol. The van der Waals surface area contributed by atoms with Crippen LogP contribution in [0.3, 0.4) is 0 Å². The van der Waals surface area contributed by atoms with Gasteiger partial charge in [0.05, 0.1) is 5.56 Å². The summed E-state index contributed by atoms with van der Waals surface area (Å²) in [6, 6.07) is 11.4. The van der Waals surface area contributed by atoms with Crippen LogP contribution in [0.2, 0.25) is 0 Å². The molecule has 1 N–H and O–H groups in total. The SMILES string of the molecule is CCc1cccc(NC(=O)c2cn(-c3ccc(-c4nc(C)no4)cn3)cn2)c1. The Labute approximate surface area is 161 Å². The Morgan fingerprint density at radius 1 is 1.21 bits per heavy atom. The molecule has 0 fully saturated rings. The molecule has 8 heteroatoms. The first-order chi connectivity index (χ1) is 13.6. The predicted molar refractivity (Wildman–Crippen MR) is 103 cm³/mol. The number of pyridine rings is 1. The Morgan fingerprint density at radius 2 is 2.11 bits per heavy atom. The van der Waals surface area contributed by atoms with Gasteiger partial charge in [-0.05, 0) is 43.2 Å². The summed E-state index contributed by atoms with van der Waals surface area (Å²) in [6.45, 7) is 3.83. The molecule has 1 amide bonds. The molecule has 0 saturated carbocycles. The number of aryl methyl sites for hydroxylation is 2. The summed E-state index contributed by atoms with van der Waals surface area (Å²) >= 11 is 0. The van der Waals surface area contributed by atoms with Crippen molar-refractivity contribution in [2.75, 3.05) is 5.32 Å². The quantitative estimate of drug-likeness (QED) is 0.574. The largest absolute Gasteiger partial charge is 0.334 e. The summed E-state index contributed by atoms with van der Waals surface area (Å²) in [5.74, 6) is 1.33. The van der Waals surface area contributed by atoms with E-state index in [1.54, 1.807) is 36.3 Å². The highest BCUT2D eigenvalue weighted by Crippen LogP contribution is 2.18. The van der Waals surface area contributed by atoms with Gasteiger partial charge in [-0.15, -0.1) is 0 Å². The minimum Gasteiger partial charge on any atom is -0.334 e. The van der Waals surface area contributed by atoms with Crippen LogP contribution in [0.15, 0.2) is 59.6 Å². The second-order valence-electron chi connectivity index (χ2n) is 6.23. The molecular weight excluding hydrogens is 356 g/mol. The molecule has 0 spiro atoms. The van der Waals surface area contributed by atoms with Gasteiger partial charge in [-0.3, -0.25) is 9.36 Å². The Morgan fingerprint density at radius 3 is 2.82 bits per heavy atom. The van der Waals surface area contributed by atoms with Crippen LogP contribution in [0.5, 0.6) is 0 Å². The number of rotatable bonds is 5. The number of carbonyl (C=O) groups excluding carboxylic acids is 1. The van der Waals surface area contributed by atoms with Crippen LogP contribution in [-0.2, 0) is 6.42 Å². The lowest BCUT2D eigenvalue weighted by molar-refractivity contribution is 0.102. The minimum atomic E-state index is -0.273. The van der Waals surface area contributed by atoms with Gasteiger partial charge in [0.25, 0.3) is 11.8 Å². The van der Waals surface area contributed by atoms with Gasteiger partial charge in [-0.1, -0.05) is 24.2 Å². The number of imidazole rings is 1. The molecule has 0 aliphatic carbocycles. The lowest BCUT2D eigenvalue weighted by Crippen LogP contribution is -2.12. The molecular formula is C20H18N6O2. The van der Waals surface area contributed by atoms with E-state index < -0.39 is 0 Å². The maximum atomic E-state index is 12.5. The van der Waals surface area contributed by atoms with Crippen molar-refractivity contribution in [3.05, 3.63) is 72.2 Å². The third kappa shape index (κ3) is 3.66. The number of anilines is 1. The second-order valence-corrected chi connectivity index (χ2v) is 6.23. The fraction of sp³-hybridized carbons (Fsp3) is 0.150. The summed E-state index contributed by atoms with van der Waals surface area (Å²) in [6.07, 6.45) is 5.73. The molecule has 3 aromatic heterocycles. The normalized spacial score (nSPS) is 10.8. The maximum Gasteiger partial charge on any atom is 0.275 e. The highest BCUT2D eigenvalue weighted by Gasteiger charge is 2.12. The molecule has 1 aromatic carbocycles. The first kappa shape index (κ1) is 17.6. The van der Waals surface area contributed by atoms with Crippen molar-refractivity contribution in [1.29, 1.82) is 0 Å². The predicted octanol–water partition coefficient (Wildman–Crippen LogP) is 3.44. The van der Waals surface area contributed by atoms with Crippen molar-refractivity contribution in [3.8, 4) is 17.3 Å². The summed E-state index contributed by atoms with van der Waals surface area (Å²) in [5.41, 5.74) is 2.93. The fourth-order valence-corrected chi connectivity index (χ4v) is 2.71. The Hall–Kier alpha value is -3.81. The van der Waals surface area contributed by atoms with Crippen molar-refractivity contribution in [3.63, 3.8) is 0 Å². The zero-order chi connectivity index (χ0) is 19.5. The maximum absolute atomic E-state index is 12.5. The summed E-state index contributed by atoms with van der Waals surface area (Å²) < 4.78 is 6.81. The lowest BCUT2D eigenvalue weighted by atomic mass is 10.1. The van der Waals surface area contributed by atoms with Gasteiger partial charge in [-0.25, -0.2) is 9.97 Å². The molecule has 0 aliphatic heterocycles. The van der Waals surface area contributed by atoms with E-state index in [-0.39, 0.29) is 5.91 Å². The molecule has 0 aliphatic rings. The van der Waals surface area contributed by atoms with E-state index in [0.29, 0.717) is 23.2 Å². The molecule has 140 valence electrons. The monoisotopic (exact) mass is 374 g/mol. The molecule has 0 bridgehead atoms. The van der Waals surface area contributed by atoms with Crippen molar-refractivity contribution in [1.82, 2.24) is 24.7 Å². The lowest BCUT2D eigenvalue weighted by Gasteiger charge is -2.05. The van der Waals surface area contributed by atoms with Gasteiger partial charge < -0.3 is 9.84 Å². The van der Waals surface area contributed by atoms with Crippen molar-refractivity contribution in [2.45, 2.75) is 20.3 Å². The highest BCUT2D eigenvalue weighted by atomic mass is 16.5. The number of hydrogen-bond acceptors (Lipinski definition) is 6. The Balaban J connectivity index is 1.49. The molecule has 4 aromatic rings. The number of nitrogens with zero attached hydrogens (tertiary/aromatic N) is 5. The zero-order valence-corrected chi connectivity index (χ0v) is 15.5. The van der Waals surface area contributed by atoms with Crippen LogP contribution in [0.25, 0.3) is 17.3 Å². The van der Waals surface area contributed by atoms with E-state index in [4.69, 9.17) is 4.52 Å². The molecule has 28 heavy (non-hydrogen) atoms. The first-order valence-corrected chi connectivity index (χ1v) is 8.84. The van der Waals surface area contributed by atoms with Crippen LogP contribution in [0, 0.1) is 6.92 Å². The van der Waals surface area contributed by atoms with Gasteiger partial charge in [0.1, 0.15) is 17.8 Å². The molecule has 3 heterocycles. The van der Waals surface area contributed by atoms with E-state index in [1.165, 1.54) is 0 Å². The topological polar surface area (TPSA) is 98.7 Å². The molecule has 0 radical (unpaired) electrons. The highest BCUT2D eigenvalue weighted by molar-refractivity contribution is 6.02. The van der Waals surface area contributed by atoms with Crippen LogP contribution < -0.4 is 5.32 Å². The smallest absolute Gasteiger partial charge is 0.275 e. The van der Waals surface area contributed by atoms with E-state index in [1.807, 2.05) is 30.3 Å². The van der Waals surface area contributed by atoms with Gasteiger partial charge >= 0.3 is 0 Å². The Kier molecular flexibility index (Phi) is 4.67. The number of carbonyl (C=O) groups is 1. The summed E-state index contributed by atoms with van der Waals surface area (Å²) in [5, 5.41) is 6.64. The molecule has 0 atom stereocenters. The summed E-state index contributed by atoms with van der Waals surface area (Å²) in [7, 11) is 0. The van der Waals surface area contributed by atoms with Crippen LogP contribution in [0.4, 0.5) is 5.69 Å². The van der Waals surface area contributed by atoms with Crippen LogP contribution >= 0.6 is 0 Å². The van der Waals surface area contributed by atoms with Crippen molar-refractivity contribution < 1.29 is 9.32 Å². The second kappa shape index (κ2) is 7.43. The van der Waals surface area contributed by atoms with Crippen LogP contribution in [-0.4, -0.2) is 30.6 Å². The average Bonchev–Trinajstić information content (AvgIpc) is 3.38. The molecule has 8 nitrogen and oxygen atoms in total. The van der Waals surface area contributed by atoms with Gasteiger partial charge in [0, 0.05) is 18.1 Å². The standard InChI is InChI=1S/C20H18N6O2/c1-3-14-5-4-6-16(9-14)24-19(27)17-11-26(12-22-17)18-8-7-15(10-21-18)20-23-13(2)25-28-20/h4-12H,3H2,1-2H3,(H,24,27). The van der Waals surface area contributed by atoms with E-state index in [2.05, 4.69) is 32.3 Å². The molecule has 0 unspecified atom stereocenters. The first-order valence-electron chi connectivity index (χ1n) is 8.84. The van der Waals surface area contributed by atoms with E-state index in [9.17, 15) is 4.79 Å².